The predicted molar refractivity (Wildman–Crippen MR) is 78.6 cm³/mol. The van der Waals surface area contributed by atoms with Crippen LogP contribution in [0.5, 0.6) is 0 Å². The molecule has 0 unspecified atom stereocenters. The second-order valence-electron chi connectivity index (χ2n) is 4.09. The van der Waals surface area contributed by atoms with Crippen LogP contribution in [0.3, 0.4) is 0 Å². The monoisotopic (exact) mass is 324 g/mol. The summed E-state index contributed by atoms with van der Waals surface area (Å²) in [6.45, 7) is 2.82. The van der Waals surface area contributed by atoms with E-state index in [4.69, 9.17) is 11.6 Å². The van der Waals surface area contributed by atoms with Gasteiger partial charge in [-0.1, -0.05) is 39.7 Å². The molecule has 94 valence electrons. The minimum absolute atomic E-state index is 0.200. The van der Waals surface area contributed by atoms with Crippen molar-refractivity contribution in [3.05, 3.63) is 63.3 Å². The van der Waals surface area contributed by atoms with Gasteiger partial charge in [0.15, 0.2) is 0 Å². The molecule has 0 saturated heterocycles. The summed E-state index contributed by atoms with van der Waals surface area (Å²) in [5.41, 5.74) is 2.12. The number of rotatable bonds is 4. The molecule has 4 heteroatoms. The Labute approximate surface area is 121 Å². The number of benzene rings is 1. The zero-order valence-electron chi connectivity index (χ0n) is 10.0. The maximum atomic E-state index is 6.17. The Kier molecular flexibility index (Phi) is 4.75. The Hall–Kier alpha value is -0.900. The van der Waals surface area contributed by atoms with E-state index in [2.05, 4.69) is 33.2 Å². The number of nitrogens with zero attached hydrogens (tertiary/aromatic N) is 1. The van der Waals surface area contributed by atoms with E-state index < -0.39 is 0 Å². The van der Waals surface area contributed by atoms with Crippen LogP contribution in [0.25, 0.3) is 0 Å². The van der Waals surface area contributed by atoms with Crippen LogP contribution in [0.4, 0.5) is 0 Å². The molecule has 0 amide bonds. The van der Waals surface area contributed by atoms with Crippen molar-refractivity contribution >= 4 is 27.5 Å². The van der Waals surface area contributed by atoms with E-state index in [0.717, 1.165) is 27.3 Å². The molecule has 0 radical (unpaired) electrons. The Balaban J connectivity index is 1.99. The molecule has 0 saturated carbocycles. The zero-order chi connectivity index (χ0) is 13.0. The first-order valence-electron chi connectivity index (χ1n) is 5.75. The minimum atomic E-state index is 0.200. The Morgan fingerprint density at radius 2 is 2.17 bits per heavy atom. The standard InChI is InChI=1S/C14H14BrClN2/c1-10(14-4-2-3-7-17-14)18-9-11-5-6-12(15)8-13(11)16/h2-8,10,18H,9H2,1H3/t10-/m1/s1. The van der Waals surface area contributed by atoms with Crippen LogP contribution in [0, 0.1) is 0 Å². The highest BCUT2D eigenvalue weighted by Crippen LogP contribution is 2.22. The van der Waals surface area contributed by atoms with Crippen molar-refractivity contribution in [1.82, 2.24) is 10.3 Å². The highest BCUT2D eigenvalue weighted by molar-refractivity contribution is 9.10. The number of hydrogen-bond acceptors (Lipinski definition) is 2. The lowest BCUT2D eigenvalue weighted by atomic mass is 10.2. The summed E-state index contributed by atoms with van der Waals surface area (Å²) in [6.07, 6.45) is 1.81. The van der Waals surface area contributed by atoms with Gasteiger partial charge in [0.25, 0.3) is 0 Å². The van der Waals surface area contributed by atoms with Crippen molar-refractivity contribution in [2.45, 2.75) is 19.5 Å². The zero-order valence-corrected chi connectivity index (χ0v) is 12.4. The van der Waals surface area contributed by atoms with Gasteiger partial charge in [-0.25, -0.2) is 0 Å². The van der Waals surface area contributed by atoms with Crippen LogP contribution in [-0.2, 0) is 6.54 Å². The molecular formula is C14H14BrClN2. The van der Waals surface area contributed by atoms with Gasteiger partial charge in [-0.3, -0.25) is 4.98 Å². The lowest BCUT2D eigenvalue weighted by Crippen LogP contribution is -2.19. The van der Waals surface area contributed by atoms with Gasteiger partial charge >= 0.3 is 0 Å². The quantitative estimate of drug-likeness (QED) is 0.904. The van der Waals surface area contributed by atoms with Gasteiger partial charge in [-0.15, -0.1) is 0 Å². The van der Waals surface area contributed by atoms with Gasteiger partial charge in [0.05, 0.1) is 5.69 Å². The van der Waals surface area contributed by atoms with Crippen LogP contribution in [-0.4, -0.2) is 4.98 Å². The van der Waals surface area contributed by atoms with Gasteiger partial charge in [-0.2, -0.15) is 0 Å². The lowest BCUT2D eigenvalue weighted by molar-refractivity contribution is 0.561. The summed E-state index contributed by atoms with van der Waals surface area (Å²) in [7, 11) is 0. The molecule has 0 aliphatic carbocycles. The smallest absolute Gasteiger partial charge is 0.0570 e. The molecule has 2 aromatic rings. The van der Waals surface area contributed by atoms with Gasteiger partial charge < -0.3 is 5.32 Å². The summed E-state index contributed by atoms with van der Waals surface area (Å²) in [4.78, 5) is 4.32. The molecule has 1 aromatic heterocycles. The normalized spacial score (nSPS) is 12.4. The van der Waals surface area contributed by atoms with Crippen molar-refractivity contribution in [1.29, 1.82) is 0 Å². The van der Waals surface area contributed by atoms with Crippen molar-refractivity contribution in [3.8, 4) is 0 Å². The van der Waals surface area contributed by atoms with Crippen molar-refractivity contribution in [2.24, 2.45) is 0 Å². The Morgan fingerprint density at radius 3 is 2.83 bits per heavy atom. The van der Waals surface area contributed by atoms with E-state index in [1.807, 2.05) is 36.4 Å². The molecule has 1 atom stereocenters. The van der Waals surface area contributed by atoms with Crippen molar-refractivity contribution in [3.63, 3.8) is 0 Å². The van der Waals surface area contributed by atoms with E-state index in [-0.39, 0.29) is 6.04 Å². The average molecular weight is 326 g/mol. The molecule has 1 aromatic carbocycles. The lowest BCUT2D eigenvalue weighted by Gasteiger charge is -2.14. The number of aromatic nitrogens is 1. The molecular weight excluding hydrogens is 312 g/mol. The highest BCUT2D eigenvalue weighted by Gasteiger charge is 2.07. The van der Waals surface area contributed by atoms with E-state index in [9.17, 15) is 0 Å². The fourth-order valence-electron chi connectivity index (χ4n) is 1.66. The van der Waals surface area contributed by atoms with Crippen LogP contribution in [0.15, 0.2) is 47.1 Å². The third kappa shape index (κ3) is 3.55. The third-order valence-corrected chi connectivity index (χ3v) is 3.59. The first kappa shape index (κ1) is 13.5. The summed E-state index contributed by atoms with van der Waals surface area (Å²) in [5.74, 6) is 0. The Morgan fingerprint density at radius 1 is 1.33 bits per heavy atom. The highest BCUT2D eigenvalue weighted by atomic mass is 79.9. The number of halogens is 2. The van der Waals surface area contributed by atoms with E-state index in [0.29, 0.717) is 0 Å². The van der Waals surface area contributed by atoms with Crippen molar-refractivity contribution in [2.75, 3.05) is 0 Å². The van der Waals surface area contributed by atoms with E-state index in [1.54, 1.807) is 6.20 Å². The second kappa shape index (κ2) is 6.32. The first-order chi connectivity index (χ1) is 8.66. The summed E-state index contributed by atoms with van der Waals surface area (Å²) < 4.78 is 0.994. The molecule has 1 heterocycles. The molecule has 0 spiro atoms. The molecule has 2 rings (SSSR count). The number of pyridine rings is 1. The molecule has 1 N–H and O–H groups in total. The number of nitrogens with one attached hydrogen (secondary N) is 1. The van der Waals surface area contributed by atoms with Crippen molar-refractivity contribution < 1.29 is 0 Å². The largest absolute Gasteiger partial charge is 0.305 e. The SMILES string of the molecule is C[C@@H](NCc1ccc(Br)cc1Cl)c1ccccn1. The maximum absolute atomic E-state index is 6.17. The fourth-order valence-corrected chi connectivity index (χ4v) is 2.41. The first-order valence-corrected chi connectivity index (χ1v) is 6.92. The van der Waals surface area contributed by atoms with E-state index >= 15 is 0 Å². The fraction of sp³-hybridized carbons (Fsp3) is 0.214. The molecule has 0 aliphatic rings. The third-order valence-electron chi connectivity index (χ3n) is 2.75. The molecule has 18 heavy (non-hydrogen) atoms. The number of hydrogen-bond donors (Lipinski definition) is 1. The van der Waals surface area contributed by atoms with Gasteiger partial charge in [0.2, 0.25) is 0 Å². The van der Waals surface area contributed by atoms with Crippen LogP contribution >= 0.6 is 27.5 Å². The van der Waals surface area contributed by atoms with Crippen LogP contribution in [0.2, 0.25) is 5.02 Å². The summed E-state index contributed by atoms with van der Waals surface area (Å²) in [5, 5.41) is 4.18. The summed E-state index contributed by atoms with van der Waals surface area (Å²) in [6, 6.07) is 12.0. The average Bonchev–Trinajstić information content (AvgIpc) is 2.38. The van der Waals surface area contributed by atoms with Crippen LogP contribution < -0.4 is 5.32 Å². The van der Waals surface area contributed by atoms with Gasteiger partial charge in [0, 0.05) is 28.3 Å². The predicted octanol–water partition coefficient (Wildman–Crippen LogP) is 4.35. The summed E-state index contributed by atoms with van der Waals surface area (Å²) >= 11 is 9.57. The van der Waals surface area contributed by atoms with E-state index in [1.165, 1.54) is 0 Å². The van der Waals surface area contributed by atoms with Gasteiger partial charge in [0.1, 0.15) is 0 Å². The molecule has 2 nitrogen and oxygen atoms in total. The maximum Gasteiger partial charge on any atom is 0.0570 e. The second-order valence-corrected chi connectivity index (χ2v) is 5.42. The van der Waals surface area contributed by atoms with Gasteiger partial charge in [-0.05, 0) is 36.8 Å². The van der Waals surface area contributed by atoms with Crippen LogP contribution in [0.1, 0.15) is 24.2 Å². The molecule has 0 fully saturated rings. The minimum Gasteiger partial charge on any atom is -0.305 e. The topological polar surface area (TPSA) is 24.9 Å². The molecule has 0 aliphatic heterocycles. The Bertz CT molecular complexity index is 516. The molecule has 0 bridgehead atoms.